The Morgan fingerprint density at radius 1 is 1.26 bits per heavy atom. The normalized spacial score (nSPS) is 12.4. The average molecular weight is 300 g/mol. The minimum atomic E-state index is -0.398. The number of hydrogen-bond donors (Lipinski definition) is 1. The van der Waals surface area contributed by atoms with Crippen LogP contribution in [-0.4, -0.2) is 16.5 Å². The Balaban J connectivity index is 2.45. The zero-order chi connectivity index (χ0) is 13.8. The van der Waals surface area contributed by atoms with Crippen LogP contribution in [0.3, 0.4) is 0 Å². The van der Waals surface area contributed by atoms with Crippen LogP contribution in [0.4, 0.5) is 4.39 Å². The van der Waals surface area contributed by atoms with Crippen molar-refractivity contribution in [2.24, 2.45) is 0 Å². The Bertz CT molecular complexity index is 578. The van der Waals surface area contributed by atoms with Crippen molar-refractivity contribution in [3.05, 3.63) is 57.8 Å². The summed E-state index contributed by atoms with van der Waals surface area (Å²) in [4.78, 5) is 8.07. The standard InChI is InChI=1S/C13H12Cl2FN3/c1-2-18-12(8-3-10(16)7-17-5-8)13-11(15)4-9(14)6-19-13/h3-7,12,18H,2H2,1H3. The summed E-state index contributed by atoms with van der Waals surface area (Å²) in [6, 6.07) is 2.70. The summed E-state index contributed by atoms with van der Waals surface area (Å²) in [5, 5.41) is 4.10. The number of pyridine rings is 2. The summed E-state index contributed by atoms with van der Waals surface area (Å²) in [6.45, 7) is 2.63. The third-order valence-electron chi connectivity index (χ3n) is 2.58. The van der Waals surface area contributed by atoms with Gasteiger partial charge < -0.3 is 5.32 Å². The minimum Gasteiger partial charge on any atom is -0.305 e. The first kappa shape index (κ1) is 14.2. The van der Waals surface area contributed by atoms with Crippen LogP contribution in [0.5, 0.6) is 0 Å². The molecular weight excluding hydrogens is 288 g/mol. The van der Waals surface area contributed by atoms with Gasteiger partial charge in [-0.15, -0.1) is 0 Å². The molecule has 19 heavy (non-hydrogen) atoms. The van der Waals surface area contributed by atoms with Crippen LogP contribution in [0.15, 0.2) is 30.7 Å². The second-order valence-corrected chi connectivity index (χ2v) is 4.79. The van der Waals surface area contributed by atoms with Gasteiger partial charge >= 0.3 is 0 Å². The van der Waals surface area contributed by atoms with Gasteiger partial charge in [-0.05, 0) is 24.2 Å². The van der Waals surface area contributed by atoms with E-state index in [-0.39, 0.29) is 6.04 Å². The van der Waals surface area contributed by atoms with Crippen molar-refractivity contribution in [2.75, 3.05) is 6.54 Å². The van der Waals surface area contributed by atoms with E-state index in [4.69, 9.17) is 23.2 Å². The Morgan fingerprint density at radius 3 is 2.68 bits per heavy atom. The summed E-state index contributed by atoms with van der Waals surface area (Å²) in [5.41, 5.74) is 1.26. The molecule has 0 spiro atoms. The second kappa shape index (κ2) is 6.28. The van der Waals surface area contributed by atoms with Crippen molar-refractivity contribution in [3.8, 4) is 0 Å². The molecule has 2 aromatic heterocycles. The first-order valence-corrected chi connectivity index (χ1v) is 6.52. The van der Waals surface area contributed by atoms with Gasteiger partial charge in [0, 0.05) is 12.4 Å². The highest BCUT2D eigenvalue weighted by molar-refractivity contribution is 6.34. The molecule has 0 aliphatic carbocycles. The number of aromatic nitrogens is 2. The van der Waals surface area contributed by atoms with E-state index in [0.717, 1.165) is 6.20 Å². The van der Waals surface area contributed by atoms with Crippen molar-refractivity contribution in [2.45, 2.75) is 13.0 Å². The van der Waals surface area contributed by atoms with E-state index >= 15 is 0 Å². The maximum atomic E-state index is 13.3. The smallest absolute Gasteiger partial charge is 0.141 e. The molecule has 3 nitrogen and oxygen atoms in total. The van der Waals surface area contributed by atoms with Crippen LogP contribution in [0.25, 0.3) is 0 Å². The molecule has 0 saturated heterocycles. The Kier molecular flexibility index (Phi) is 4.69. The molecule has 0 aliphatic heterocycles. The summed E-state index contributed by atoms with van der Waals surface area (Å²) in [7, 11) is 0. The Labute approximate surface area is 120 Å². The topological polar surface area (TPSA) is 37.8 Å². The highest BCUT2D eigenvalue weighted by Gasteiger charge is 2.18. The summed E-state index contributed by atoms with van der Waals surface area (Å²) in [5.74, 6) is -0.398. The predicted octanol–water partition coefficient (Wildman–Crippen LogP) is 3.62. The lowest BCUT2D eigenvalue weighted by molar-refractivity contribution is 0.589. The van der Waals surface area contributed by atoms with Gasteiger partial charge in [0.2, 0.25) is 0 Å². The quantitative estimate of drug-likeness (QED) is 0.937. The molecule has 0 amide bonds. The fourth-order valence-electron chi connectivity index (χ4n) is 1.80. The fraction of sp³-hybridized carbons (Fsp3) is 0.231. The van der Waals surface area contributed by atoms with Gasteiger partial charge in [0.15, 0.2) is 0 Å². The number of nitrogens with one attached hydrogen (secondary N) is 1. The van der Waals surface area contributed by atoms with Crippen LogP contribution in [0.1, 0.15) is 24.2 Å². The molecule has 0 aromatic carbocycles. The number of halogens is 3. The van der Waals surface area contributed by atoms with Crippen molar-refractivity contribution in [1.82, 2.24) is 15.3 Å². The lowest BCUT2D eigenvalue weighted by Crippen LogP contribution is -2.23. The molecule has 0 aliphatic rings. The zero-order valence-electron chi connectivity index (χ0n) is 10.2. The van der Waals surface area contributed by atoms with E-state index in [1.54, 1.807) is 12.3 Å². The summed E-state index contributed by atoms with van der Waals surface area (Å²) >= 11 is 12.0. The first-order valence-electron chi connectivity index (χ1n) is 5.76. The fourth-order valence-corrected chi connectivity index (χ4v) is 2.29. The van der Waals surface area contributed by atoms with E-state index in [2.05, 4.69) is 15.3 Å². The van der Waals surface area contributed by atoms with Crippen molar-refractivity contribution in [1.29, 1.82) is 0 Å². The molecule has 0 fully saturated rings. The highest BCUT2D eigenvalue weighted by Crippen LogP contribution is 2.28. The van der Waals surface area contributed by atoms with Gasteiger partial charge in [0.05, 0.1) is 28.0 Å². The molecule has 100 valence electrons. The van der Waals surface area contributed by atoms with E-state index < -0.39 is 5.82 Å². The van der Waals surface area contributed by atoms with Gasteiger partial charge in [-0.2, -0.15) is 0 Å². The third-order valence-corrected chi connectivity index (χ3v) is 3.09. The van der Waals surface area contributed by atoms with Crippen LogP contribution < -0.4 is 5.32 Å². The maximum absolute atomic E-state index is 13.3. The van der Waals surface area contributed by atoms with Gasteiger partial charge in [0.1, 0.15) is 5.82 Å². The van der Waals surface area contributed by atoms with Crippen LogP contribution in [-0.2, 0) is 0 Å². The highest BCUT2D eigenvalue weighted by atomic mass is 35.5. The van der Waals surface area contributed by atoms with Gasteiger partial charge in [-0.3, -0.25) is 9.97 Å². The number of hydrogen-bond acceptors (Lipinski definition) is 3. The molecule has 2 heterocycles. The van der Waals surface area contributed by atoms with E-state index in [0.29, 0.717) is 27.8 Å². The number of nitrogens with zero attached hydrogens (tertiary/aromatic N) is 2. The SMILES string of the molecule is CCNC(c1cncc(F)c1)c1ncc(Cl)cc1Cl. The average Bonchev–Trinajstić information content (AvgIpc) is 2.37. The molecule has 0 saturated carbocycles. The van der Waals surface area contributed by atoms with E-state index in [9.17, 15) is 4.39 Å². The van der Waals surface area contributed by atoms with Crippen LogP contribution in [0.2, 0.25) is 10.0 Å². The molecule has 2 rings (SSSR count). The lowest BCUT2D eigenvalue weighted by Gasteiger charge is -2.18. The van der Waals surface area contributed by atoms with E-state index in [1.165, 1.54) is 12.3 Å². The van der Waals surface area contributed by atoms with Crippen LogP contribution in [0, 0.1) is 5.82 Å². The van der Waals surface area contributed by atoms with Gasteiger partial charge in [-0.1, -0.05) is 30.1 Å². The van der Waals surface area contributed by atoms with Crippen molar-refractivity contribution in [3.63, 3.8) is 0 Å². The molecular formula is C13H12Cl2FN3. The predicted molar refractivity (Wildman–Crippen MR) is 74.0 cm³/mol. The molecule has 0 radical (unpaired) electrons. The summed E-state index contributed by atoms with van der Waals surface area (Å²) in [6.07, 6.45) is 4.26. The first-order chi connectivity index (χ1) is 9.11. The zero-order valence-corrected chi connectivity index (χ0v) is 11.7. The van der Waals surface area contributed by atoms with Crippen LogP contribution >= 0.6 is 23.2 Å². The molecule has 6 heteroatoms. The van der Waals surface area contributed by atoms with E-state index in [1.807, 2.05) is 6.92 Å². The minimum absolute atomic E-state index is 0.321. The molecule has 1 N–H and O–H groups in total. The Hall–Kier alpha value is -1.23. The van der Waals surface area contributed by atoms with Gasteiger partial charge in [0.25, 0.3) is 0 Å². The lowest BCUT2D eigenvalue weighted by atomic mass is 10.0. The molecule has 0 bridgehead atoms. The molecule has 1 unspecified atom stereocenters. The summed E-state index contributed by atoms with van der Waals surface area (Å²) < 4.78 is 13.3. The maximum Gasteiger partial charge on any atom is 0.141 e. The molecule has 2 aromatic rings. The Morgan fingerprint density at radius 2 is 2.05 bits per heavy atom. The second-order valence-electron chi connectivity index (χ2n) is 3.95. The monoisotopic (exact) mass is 299 g/mol. The number of rotatable bonds is 4. The third kappa shape index (κ3) is 3.41. The largest absolute Gasteiger partial charge is 0.305 e. The molecule has 1 atom stereocenters. The van der Waals surface area contributed by atoms with Crippen molar-refractivity contribution >= 4 is 23.2 Å². The van der Waals surface area contributed by atoms with Gasteiger partial charge in [-0.25, -0.2) is 4.39 Å². The van der Waals surface area contributed by atoms with Crippen molar-refractivity contribution < 1.29 is 4.39 Å².